The Labute approximate surface area is 209 Å². The summed E-state index contributed by atoms with van der Waals surface area (Å²) in [7, 11) is 0. The van der Waals surface area contributed by atoms with Gasteiger partial charge in [-0.2, -0.15) is 0 Å². The van der Waals surface area contributed by atoms with Crippen LogP contribution in [0, 0.1) is 10.4 Å². The fourth-order valence-electron chi connectivity index (χ4n) is 4.28. The third kappa shape index (κ3) is 4.09. The maximum absolute atomic E-state index is 3.72. The molecule has 30 heavy (non-hydrogen) atoms. The quantitative estimate of drug-likeness (QED) is 0.308. The van der Waals surface area contributed by atoms with Crippen LogP contribution < -0.4 is 35.3 Å². The molecule has 0 saturated heterocycles. The summed E-state index contributed by atoms with van der Waals surface area (Å²) in [6.07, 6.45) is 9.25. The monoisotopic (exact) mass is 505 g/mol. The van der Waals surface area contributed by atoms with Gasteiger partial charge in [0.05, 0.1) is 0 Å². The van der Waals surface area contributed by atoms with Crippen molar-refractivity contribution in [1.82, 2.24) is 0 Å². The number of hydrogen-bond acceptors (Lipinski definition) is 0. The molecule has 0 heterocycles. The summed E-state index contributed by atoms with van der Waals surface area (Å²) in [6.45, 7) is 4.41. The van der Waals surface area contributed by atoms with Crippen LogP contribution in [0.25, 0.3) is 22.8 Å². The van der Waals surface area contributed by atoms with E-state index in [0.29, 0.717) is 0 Å². The Hall–Kier alpha value is -1.66. The number of fused-ring (bicyclic) bond motifs is 2. The molecule has 0 bridgehead atoms. The Kier molecular flexibility index (Phi) is 8.29. The first-order valence-corrected chi connectivity index (χ1v) is 9.53. The summed E-state index contributed by atoms with van der Waals surface area (Å²) >= 11 is 0. The van der Waals surface area contributed by atoms with Gasteiger partial charge in [-0.05, 0) is 31.4 Å². The van der Waals surface area contributed by atoms with E-state index in [-0.39, 0.29) is 51.0 Å². The second-order valence-electron chi connectivity index (χ2n) is 7.45. The van der Waals surface area contributed by atoms with Crippen LogP contribution in [-0.2, 0) is 26.2 Å². The molecule has 0 spiro atoms. The number of allylic oxidation sites excluding steroid dienone is 4. The average molecular weight is 508 g/mol. The summed E-state index contributed by atoms with van der Waals surface area (Å²) in [5.74, 6) is 0. The van der Waals surface area contributed by atoms with Gasteiger partial charge in [0.25, 0.3) is 0 Å². The van der Waals surface area contributed by atoms with Crippen LogP contribution in [-0.4, -0.2) is 0 Å². The van der Waals surface area contributed by atoms with Gasteiger partial charge in [0.2, 0.25) is 0 Å². The molecule has 0 aromatic heterocycles. The topological polar surface area (TPSA) is 0 Å². The van der Waals surface area contributed by atoms with Crippen molar-refractivity contribution in [1.29, 1.82) is 0 Å². The van der Waals surface area contributed by atoms with Crippen LogP contribution in [0.2, 0.25) is 0 Å². The Morgan fingerprint density at radius 1 is 0.800 bits per heavy atom. The molecule has 2 aliphatic carbocycles. The number of benzene rings is 3. The normalized spacial score (nSPS) is 12.7. The van der Waals surface area contributed by atoms with Gasteiger partial charge in [-0.15, -0.1) is 33.4 Å². The van der Waals surface area contributed by atoms with E-state index in [4.69, 9.17) is 0 Å². The van der Waals surface area contributed by atoms with Crippen molar-refractivity contribution < 1.29 is 51.0 Å². The first kappa shape index (κ1) is 24.6. The van der Waals surface area contributed by atoms with Gasteiger partial charge >= 0.3 is 26.2 Å². The minimum absolute atomic E-state index is 0. The maximum atomic E-state index is 3.72. The third-order valence-corrected chi connectivity index (χ3v) is 5.54. The van der Waals surface area contributed by atoms with Crippen LogP contribution in [0.1, 0.15) is 37.0 Å². The fourth-order valence-corrected chi connectivity index (χ4v) is 4.28. The van der Waals surface area contributed by atoms with E-state index in [1.807, 2.05) is 0 Å². The first-order valence-electron chi connectivity index (χ1n) is 9.53. The van der Waals surface area contributed by atoms with Crippen molar-refractivity contribution in [3.05, 3.63) is 116 Å². The molecule has 3 heteroatoms. The van der Waals surface area contributed by atoms with E-state index in [2.05, 4.69) is 98.8 Å². The molecule has 147 valence electrons. The molecule has 1 radical (unpaired) electrons. The van der Waals surface area contributed by atoms with E-state index in [1.54, 1.807) is 0 Å². The van der Waals surface area contributed by atoms with E-state index < -0.39 is 0 Å². The molecule has 0 unspecified atom stereocenters. The van der Waals surface area contributed by atoms with Gasteiger partial charge < -0.3 is 24.8 Å². The molecule has 0 nitrogen and oxygen atoms in total. The van der Waals surface area contributed by atoms with E-state index >= 15 is 0 Å². The third-order valence-electron chi connectivity index (χ3n) is 5.54. The molecule has 0 N–H and O–H groups in total. The van der Waals surface area contributed by atoms with Crippen LogP contribution >= 0.6 is 0 Å². The predicted molar refractivity (Wildman–Crippen MR) is 114 cm³/mol. The molecule has 0 amide bonds. The molecular formula is C27H21Cl2Zr. The van der Waals surface area contributed by atoms with Crippen molar-refractivity contribution in [2.24, 2.45) is 0 Å². The van der Waals surface area contributed by atoms with Crippen LogP contribution in [0.5, 0.6) is 0 Å². The molecular weight excluding hydrogens is 486 g/mol. The van der Waals surface area contributed by atoms with Gasteiger partial charge in [-0.25, -0.2) is 0 Å². The summed E-state index contributed by atoms with van der Waals surface area (Å²) in [5, 5.41) is 5.13. The van der Waals surface area contributed by atoms with E-state index in [1.165, 1.54) is 54.3 Å². The Morgan fingerprint density at radius 2 is 1.50 bits per heavy atom. The first-order chi connectivity index (χ1) is 13.2. The molecule has 3 aromatic rings. The summed E-state index contributed by atoms with van der Waals surface area (Å²) < 4.78 is 0. The average Bonchev–Trinajstić information content (AvgIpc) is 3.32. The van der Waals surface area contributed by atoms with Crippen molar-refractivity contribution in [2.75, 3.05) is 0 Å². The number of rotatable bonds is 2. The fraction of sp³-hybridized carbons (Fsp3) is 0.111. The minimum Gasteiger partial charge on any atom is -1.00 e. The standard InChI is InChI=1S/C27H21.2ClH.Zr/c1-18(2)21-15-16-24-23-12-7-6-11-20(23)17-26(24)27(21)25-14-8-13-22(25)19-9-4-3-5-10-19;;;/h3-13,15-16H,14H2,1-2H3;2*1H;/q-1;;;+3/p-2. The number of hydrogen-bond donors (Lipinski definition) is 0. The molecule has 5 rings (SSSR count). The van der Waals surface area contributed by atoms with Crippen molar-refractivity contribution in [3.8, 4) is 0 Å². The molecule has 0 fully saturated rings. The maximum Gasteiger partial charge on any atom is 3.00 e. The smallest absolute Gasteiger partial charge is 1.00 e. The largest absolute Gasteiger partial charge is 3.00 e. The molecule has 0 atom stereocenters. The van der Waals surface area contributed by atoms with E-state index in [0.717, 1.165) is 6.42 Å². The molecule has 2 aliphatic rings. The zero-order chi connectivity index (χ0) is 18.4. The Balaban J connectivity index is 0.00000107. The second kappa shape index (κ2) is 10.1. The van der Waals surface area contributed by atoms with Crippen LogP contribution in [0.15, 0.2) is 78.9 Å². The summed E-state index contributed by atoms with van der Waals surface area (Å²) in [6, 6.07) is 23.9. The van der Waals surface area contributed by atoms with Crippen LogP contribution in [0.3, 0.4) is 0 Å². The molecule has 0 saturated carbocycles. The molecule has 0 aliphatic heterocycles. The van der Waals surface area contributed by atoms with Crippen LogP contribution in [0.4, 0.5) is 0 Å². The SMILES string of the molecule is CC(C)=c1ccc2c(c1C1=C(c3ccccc3)C=CC1)[C-]=c1ccccc1=2.[Cl-].[Cl-].[Zr+3]. The Bertz CT molecular complexity index is 1350. The molecule has 3 aromatic carbocycles. The van der Waals surface area contributed by atoms with Crippen molar-refractivity contribution in [2.45, 2.75) is 20.3 Å². The summed E-state index contributed by atoms with van der Waals surface area (Å²) in [5.41, 5.74) is 7.99. The predicted octanol–water partition coefficient (Wildman–Crippen LogP) is -0.941. The number of halogens is 2. The van der Waals surface area contributed by atoms with E-state index in [9.17, 15) is 0 Å². The van der Waals surface area contributed by atoms with Gasteiger partial charge in [0.1, 0.15) is 0 Å². The zero-order valence-electron chi connectivity index (χ0n) is 17.0. The van der Waals surface area contributed by atoms with Gasteiger partial charge in [-0.3, -0.25) is 0 Å². The van der Waals surface area contributed by atoms with Crippen molar-refractivity contribution in [3.63, 3.8) is 0 Å². The van der Waals surface area contributed by atoms with Gasteiger partial charge in [0, 0.05) is 0 Å². The second-order valence-corrected chi connectivity index (χ2v) is 7.45. The van der Waals surface area contributed by atoms with Crippen molar-refractivity contribution >= 4 is 22.8 Å². The van der Waals surface area contributed by atoms with Gasteiger partial charge in [0.15, 0.2) is 0 Å². The van der Waals surface area contributed by atoms with Gasteiger partial charge in [-0.1, -0.05) is 94.7 Å². The minimum atomic E-state index is 0. The Morgan fingerprint density at radius 3 is 2.23 bits per heavy atom. The zero-order valence-corrected chi connectivity index (χ0v) is 20.9. The summed E-state index contributed by atoms with van der Waals surface area (Å²) in [4.78, 5) is 0.